The van der Waals surface area contributed by atoms with E-state index in [1.807, 2.05) is 12.1 Å². The Kier molecular flexibility index (Phi) is 5.37. The standard InChI is InChI=1S/C21H35NO2/c1-20(2,3)15-11-14(12-16(19(15)24)21(4,5)6)17(22)18(23)13-9-7-8-10-13/h11-13,17-18,23-24H,7-10,22H2,1-6H3/t17-,18+/m0/s1. The highest BCUT2D eigenvalue weighted by Gasteiger charge is 2.32. The zero-order chi connectivity index (χ0) is 18.3. The molecule has 2 atom stereocenters. The van der Waals surface area contributed by atoms with E-state index in [1.54, 1.807) is 0 Å². The third kappa shape index (κ3) is 3.94. The summed E-state index contributed by atoms with van der Waals surface area (Å²) in [5.74, 6) is 0.659. The van der Waals surface area contributed by atoms with Crippen LogP contribution in [0.1, 0.15) is 90.0 Å². The smallest absolute Gasteiger partial charge is 0.123 e. The number of hydrogen-bond donors (Lipinski definition) is 3. The number of phenols is 1. The first kappa shape index (κ1) is 19.3. The van der Waals surface area contributed by atoms with Crippen molar-refractivity contribution in [3.05, 3.63) is 28.8 Å². The van der Waals surface area contributed by atoms with Crippen LogP contribution in [0, 0.1) is 5.92 Å². The van der Waals surface area contributed by atoms with E-state index in [-0.39, 0.29) is 10.8 Å². The van der Waals surface area contributed by atoms with Gasteiger partial charge in [0, 0.05) is 0 Å². The zero-order valence-corrected chi connectivity index (χ0v) is 16.2. The highest BCUT2D eigenvalue weighted by atomic mass is 16.3. The Hall–Kier alpha value is -1.06. The second-order valence-electron chi connectivity index (χ2n) is 9.53. The van der Waals surface area contributed by atoms with E-state index in [1.165, 1.54) is 12.8 Å². The number of benzene rings is 1. The third-order valence-electron chi connectivity index (χ3n) is 5.38. The average Bonchev–Trinajstić information content (AvgIpc) is 2.97. The summed E-state index contributed by atoms with van der Waals surface area (Å²) in [7, 11) is 0. The van der Waals surface area contributed by atoms with Gasteiger partial charge in [0.2, 0.25) is 0 Å². The molecular formula is C21H35NO2. The molecule has 1 fully saturated rings. The Morgan fingerprint density at radius 1 is 0.958 bits per heavy atom. The number of hydrogen-bond acceptors (Lipinski definition) is 3. The molecule has 0 aromatic heterocycles. The van der Waals surface area contributed by atoms with Gasteiger partial charge >= 0.3 is 0 Å². The minimum absolute atomic E-state index is 0.182. The predicted octanol–water partition coefficient (Wildman–Crippen LogP) is 4.54. The molecule has 0 spiro atoms. The van der Waals surface area contributed by atoms with Crippen molar-refractivity contribution >= 4 is 0 Å². The van der Waals surface area contributed by atoms with Gasteiger partial charge in [0.1, 0.15) is 5.75 Å². The van der Waals surface area contributed by atoms with E-state index in [2.05, 4.69) is 41.5 Å². The molecule has 0 saturated heterocycles. The fourth-order valence-corrected chi connectivity index (χ4v) is 3.78. The molecule has 1 aliphatic carbocycles. The van der Waals surface area contributed by atoms with Crippen molar-refractivity contribution in [1.82, 2.24) is 0 Å². The van der Waals surface area contributed by atoms with Gasteiger partial charge < -0.3 is 15.9 Å². The number of nitrogens with two attached hydrogens (primary N) is 1. The SMILES string of the molecule is CC(C)(C)c1cc([C@H](N)[C@H](O)C2CCCC2)cc(C(C)(C)C)c1O. The van der Waals surface area contributed by atoms with Gasteiger partial charge in [-0.15, -0.1) is 0 Å². The third-order valence-corrected chi connectivity index (χ3v) is 5.38. The van der Waals surface area contributed by atoms with Crippen LogP contribution in [0.5, 0.6) is 5.75 Å². The lowest BCUT2D eigenvalue weighted by Gasteiger charge is -2.31. The Bertz CT molecular complexity index is 539. The molecule has 0 heterocycles. The van der Waals surface area contributed by atoms with Crippen LogP contribution in [0.2, 0.25) is 0 Å². The van der Waals surface area contributed by atoms with Crippen LogP contribution in [0.4, 0.5) is 0 Å². The Balaban J connectivity index is 2.49. The molecule has 0 aliphatic heterocycles. The molecule has 0 radical (unpaired) electrons. The quantitative estimate of drug-likeness (QED) is 0.761. The van der Waals surface area contributed by atoms with E-state index in [9.17, 15) is 10.2 Å². The van der Waals surface area contributed by atoms with E-state index in [0.717, 1.165) is 29.5 Å². The first-order valence-corrected chi connectivity index (χ1v) is 9.24. The molecule has 0 amide bonds. The molecule has 24 heavy (non-hydrogen) atoms. The van der Waals surface area contributed by atoms with Crippen LogP contribution < -0.4 is 5.73 Å². The normalized spacial score (nSPS) is 19.5. The first-order valence-electron chi connectivity index (χ1n) is 9.24. The van der Waals surface area contributed by atoms with Crippen molar-refractivity contribution in [3.63, 3.8) is 0 Å². The van der Waals surface area contributed by atoms with Crippen molar-refractivity contribution in [2.24, 2.45) is 11.7 Å². The number of aliphatic hydroxyl groups excluding tert-OH is 1. The highest BCUT2D eigenvalue weighted by Crippen LogP contribution is 2.42. The van der Waals surface area contributed by atoms with Gasteiger partial charge in [-0.3, -0.25) is 0 Å². The summed E-state index contributed by atoms with van der Waals surface area (Å²) in [5.41, 5.74) is 8.83. The molecule has 1 aromatic carbocycles. The second kappa shape index (κ2) is 6.68. The summed E-state index contributed by atoms with van der Waals surface area (Å²) >= 11 is 0. The van der Waals surface area contributed by atoms with Crippen LogP contribution in [-0.2, 0) is 10.8 Å². The van der Waals surface area contributed by atoms with E-state index < -0.39 is 12.1 Å². The molecule has 4 N–H and O–H groups in total. The molecule has 1 saturated carbocycles. The topological polar surface area (TPSA) is 66.5 Å². The van der Waals surface area contributed by atoms with Crippen molar-refractivity contribution in [3.8, 4) is 5.75 Å². The Morgan fingerprint density at radius 3 is 1.75 bits per heavy atom. The summed E-state index contributed by atoms with van der Waals surface area (Å²) in [6.07, 6.45) is 3.98. The lowest BCUT2D eigenvalue weighted by Crippen LogP contribution is -2.32. The largest absolute Gasteiger partial charge is 0.507 e. The molecular weight excluding hydrogens is 298 g/mol. The number of aromatic hydroxyl groups is 1. The van der Waals surface area contributed by atoms with Gasteiger partial charge in [0.15, 0.2) is 0 Å². The van der Waals surface area contributed by atoms with Crippen molar-refractivity contribution < 1.29 is 10.2 Å². The van der Waals surface area contributed by atoms with Crippen LogP contribution in [0.25, 0.3) is 0 Å². The van der Waals surface area contributed by atoms with E-state index in [0.29, 0.717) is 11.7 Å². The van der Waals surface area contributed by atoms with E-state index >= 15 is 0 Å². The maximum Gasteiger partial charge on any atom is 0.123 e. The zero-order valence-electron chi connectivity index (χ0n) is 16.2. The molecule has 136 valence electrons. The summed E-state index contributed by atoms with van der Waals surface area (Å²) in [6, 6.07) is 3.58. The van der Waals surface area contributed by atoms with Gasteiger partial charge in [0.25, 0.3) is 0 Å². The van der Waals surface area contributed by atoms with Crippen molar-refractivity contribution in [1.29, 1.82) is 0 Å². The summed E-state index contributed by atoms with van der Waals surface area (Å²) in [5, 5.41) is 21.6. The maximum atomic E-state index is 10.8. The Labute approximate surface area is 147 Å². The van der Waals surface area contributed by atoms with Crippen LogP contribution in [-0.4, -0.2) is 16.3 Å². The lowest BCUT2D eigenvalue weighted by atomic mass is 9.77. The van der Waals surface area contributed by atoms with Gasteiger partial charge in [-0.25, -0.2) is 0 Å². The number of aliphatic hydroxyl groups is 1. The highest BCUT2D eigenvalue weighted by molar-refractivity contribution is 5.50. The fraction of sp³-hybridized carbons (Fsp3) is 0.714. The number of phenolic OH excluding ortho intramolecular Hbond substituents is 1. The van der Waals surface area contributed by atoms with Crippen LogP contribution in [0.3, 0.4) is 0 Å². The first-order chi connectivity index (χ1) is 10.9. The predicted molar refractivity (Wildman–Crippen MR) is 100 cm³/mol. The summed E-state index contributed by atoms with van der Waals surface area (Å²) in [4.78, 5) is 0. The maximum absolute atomic E-state index is 10.8. The Morgan fingerprint density at radius 2 is 1.38 bits per heavy atom. The van der Waals surface area contributed by atoms with Gasteiger partial charge in [-0.1, -0.05) is 54.4 Å². The minimum Gasteiger partial charge on any atom is -0.507 e. The summed E-state index contributed by atoms with van der Waals surface area (Å²) < 4.78 is 0. The average molecular weight is 334 g/mol. The van der Waals surface area contributed by atoms with Gasteiger partial charge in [-0.05, 0) is 58.4 Å². The molecule has 0 unspecified atom stereocenters. The number of rotatable bonds is 3. The molecule has 3 heteroatoms. The monoisotopic (exact) mass is 333 g/mol. The fourth-order valence-electron chi connectivity index (χ4n) is 3.78. The van der Waals surface area contributed by atoms with Gasteiger partial charge in [-0.2, -0.15) is 0 Å². The molecule has 1 aromatic rings. The summed E-state index contributed by atoms with van der Waals surface area (Å²) in [6.45, 7) is 12.6. The molecule has 1 aliphatic rings. The molecule has 3 nitrogen and oxygen atoms in total. The lowest BCUT2D eigenvalue weighted by molar-refractivity contribution is 0.0843. The minimum atomic E-state index is -0.516. The van der Waals surface area contributed by atoms with E-state index in [4.69, 9.17) is 5.73 Å². The van der Waals surface area contributed by atoms with Crippen LogP contribution in [0.15, 0.2) is 12.1 Å². The van der Waals surface area contributed by atoms with Gasteiger partial charge in [0.05, 0.1) is 12.1 Å². The molecule has 2 rings (SSSR count). The van der Waals surface area contributed by atoms with Crippen molar-refractivity contribution in [2.75, 3.05) is 0 Å². The second-order valence-corrected chi connectivity index (χ2v) is 9.53. The van der Waals surface area contributed by atoms with Crippen molar-refractivity contribution in [2.45, 2.75) is 90.2 Å². The molecule has 0 bridgehead atoms. The van der Waals surface area contributed by atoms with Crippen LogP contribution >= 0.6 is 0 Å².